The Bertz CT molecular complexity index is 434. The number of carboxylic acid groups (broad SMARTS) is 1. The Kier molecular flexibility index (Phi) is 8.12. The molecule has 0 aliphatic heterocycles. The fourth-order valence-corrected chi connectivity index (χ4v) is 2.13. The van der Waals surface area contributed by atoms with Gasteiger partial charge in [0.15, 0.2) is 0 Å². The summed E-state index contributed by atoms with van der Waals surface area (Å²) in [6, 6.07) is 10.2. The molecule has 2 N–H and O–H groups in total. The van der Waals surface area contributed by atoms with Crippen LogP contribution >= 0.6 is 0 Å². The van der Waals surface area contributed by atoms with E-state index in [4.69, 9.17) is 5.11 Å². The maximum atomic E-state index is 10.9. The lowest BCUT2D eigenvalue weighted by molar-refractivity contribution is -0.137. The molecular weight excluding hydrogens is 268 g/mol. The lowest BCUT2D eigenvalue weighted by Gasteiger charge is -2.21. The van der Waals surface area contributed by atoms with Gasteiger partial charge in [0, 0.05) is 26.6 Å². The van der Waals surface area contributed by atoms with Crippen LogP contribution in [0.5, 0.6) is 0 Å². The SMILES string of the molecule is CC(=O)NCCN(CCCc1ccccc1)CCC(=O)O. The molecule has 21 heavy (non-hydrogen) atoms. The minimum Gasteiger partial charge on any atom is -0.481 e. The van der Waals surface area contributed by atoms with Crippen molar-refractivity contribution >= 4 is 11.9 Å². The van der Waals surface area contributed by atoms with Gasteiger partial charge in [0.1, 0.15) is 0 Å². The molecule has 0 bridgehead atoms. The van der Waals surface area contributed by atoms with Crippen molar-refractivity contribution in [3.63, 3.8) is 0 Å². The van der Waals surface area contributed by atoms with Gasteiger partial charge in [-0.1, -0.05) is 30.3 Å². The molecule has 0 saturated heterocycles. The molecular formula is C16H24N2O3. The number of carboxylic acids is 1. The van der Waals surface area contributed by atoms with Gasteiger partial charge in [-0.3, -0.25) is 9.59 Å². The molecule has 0 radical (unpaired) electrons. The molecule has 1 rings (SSSR count). The molecule has 5 heteroatoms. The summed E-state index contributed by atoms with van der Waals surface area (Å²) in [5.74, 6) is -0.847. The second kappa shape index (κ2) is 9.94. The summed E-state index contributed by atoms with van der Waals surface area (Å²) in [6.07, 6.45) is 2.08. The van der Waals surface area contributed by atoms with E-state index in [9.17, 15) is 9.59 Å². The van der Waals surface area contributed by atoms with E-state index in [2.05, 4.69) is 22.3 Å². The highest BCUT2D eigenvalue weighted by Crippen LogP contribution is 2.04. The van der Waals surface area contributed by atoms with Crippen molar-refractivity contribution in [1.82, 2.24) is 10.2 Å². The third-order valence-electron chi connectivity index (χ3n) is 3.23. The van der Waals surface area contributed by atoms with E-state index < -0.39 is 5.97 Å². The predicted octanol–water partition coefficient (Wildman–Crippen LogP) is 1.53. The van der Waals surface area contributed by atoms with Crippen molar-refractivity contribution in [1.29, 1.82) is 0 Å². The quantitative estimate of drug-likeness (QED) is 0.686. The monoisotopic (exact) mass is 292 g/mol. The number of aryl methyl sites for hydroxylation is 1. The highest BCUT2D eigenvalue weighted by molar-refractivity contribution is 5.72. The van der Waals surface area contributed by atoms with E-state index in [1.54, 1.807) is 0 Å². The topological polar surface area (TPSA) is 69.6 Å². The van der Waals surface area contributed by atoms with Gasteiger partial charge >= 0.3 is 5.97 Å². The van der Waals surface area contributed by atoms with Gasteiger partial charge in [0.2, 0.25) is 5.91 Å². The molecule has 0 saturated carbocycles. The zero-order valence-electron chi connectivity index (χ0n) is 12.5. The molecule has 0 spiro atoms. The maximum Gasteiger partial charge on any atom is 0.304 e. The van der Waals surface area contributed by atoms with E-state index in [0.717, 1.165) is 19.4 Å². The van der Waals surface area contributed by atoms with Crippen molar-refractivity contribution in [3.8, 4) is 0 Å². The van der Waals surface area contributed by atoms with E-state index in [-0.39, 0.29) is 12.3 Å². The largest absolute Gasteiger partial charge is 0.481 e. The van der Waals surface area contributed by atoms with Crippen LogP contribution in [0.25, 0.3) is 0 Å². The second-order valence-electron chi connectivity index (χ2n) is 5.06. The van der Waals surface area contributed by atoms with Crippen LogP contribution in [0, 0.1) is 0 Å². The van der Waals surface area contributed by atoms with Crippen LogP contribution < -0.4 is 5.32 Å². The summed E-state index contributed by atoms with van der Waals surface area (Å²) < 4.78 is 0. The Morgan fingerprint density at radius 3 is 2.48 bits per heavy atom. The molecule has 0 heterocycles. The van der Waals surface area contributed by atoms with Crippen molar-refractivity contribution in [3.05, 3.63) is 35.9 Å². The second-order valence-corrected chi connectivity index (χ2v) is 5.06. The highest BCUT2D eigenvalue weighted by atomic mass is 16.4. The van der Waals surface area contributed by atoms with Crippen molar-refractivity contribution in [2.24, 2.45) is 0 Å². The fraction of sp³-hybridized carbons (Fsp3) is 0.500. The van der Waals surface area contributed by atoms with Crippen molar-refractivity contribution in [2.75, 3.05) is 26.2 Å². The molecule has 1 aromatic rings. The van der Waals surface area contributed by atoms with Crippen LogP contribution in [0.4, 0.5) is 0 Å². The van der Waals surface area contributed by atoms with Gasteiger partial charge in [-0.25, -0.2) is 0 Å². The lowest BCUT2D eigenvalue weighted by atomic mass is 10.1. The molecule has 0 unspecified atom stereocenters. The zero-order valence-corrected chi connectivity index (χ0v) is 12.5. The molecule has 0 aliphatic rings. The lowest BCUT2D eigenvalue weighted by Crippen LogP contribution is -2.36. The van der Waals surface area contributed by atoms with E-state index in [1.165, 1.54) is 12.5 Å². The van der Waals surface area contributed by atoms with E-state index >= 15 is 0 Å². The van der Waals surface area contributed by atoms with Crippen LogP contribution in [-0.2, 0) is 16.0 Å². The van der Waals surface area contributed by atoms with Gasteiger partial charge in [-0.05, 0) is 24.9 Å². The third-order valence-corrected chi connectivity index (χ3v) is 3.23. The summed E-state index contributed by atoms with van der Waals surface area (Å²) in [6.45, 7) is 4.07. The number of nitrogens with one attached hydrogen (secondary N) is 1. The Labute approximate surface area is 126 Å². The van der Waals surface area contributed by atoms with Gasteiger partial charge in [0.25, 0.3) is 0 Å². The molecule has 0 aromatic heterocycles. The first-order valence-electron chi connectivity index (χ1n) is 7.30. The van der Waals surface area contributed by atoms with Crippen LogP contribution in [0.1, 0.15) is 25.3 Å². The molecule has 5 nitrogen and oxygen atoms in total. The number of hydrogen-bond donors (Lipinski definition) is 2. The van der Waals surface area contributed by atoms with Gasteiger partial charge < -0.3 is 15.3 Å². The van der Waals surface area contributed by atoms with Crippen LogP contribution in [-0.4, -0.2) is 48.1 Å². The van der Waals surface area contributed by atoms with E-state index in [0.29, 0.717) is 19.6 Å². The zero-order chi connectivity index (χ0) is 15.5. The van der Waals surface area contributed by atoms with Gasteiger partial charge in [-0.15, -0.1) is 0 Å². The number of benzene rings is 1. The summed E-state index contributed by atoms with van der Waals surface area (Å²) in [4.78, 5) is 23.6. The first-order chi connectivity index (χ1) is 10.1. The number of aliphatic carboxylic acids is 1. The van der Waals surface area contributed by atoms with Gasteiger partial charge in [0.05, 0.1) is 6.42 Å². The molecule has 1 amide bonds. The smallest absolute Gasteiger partial charge is 0.304 e. The maximum absolute atomic E-state index is 10.9. The van der Waals surface area contributed by atoms with Crippen LogP contribution in [0.15, 0.2) is 30.3 Å². The summed E-state index contributed by atoms with van der Waals surface area (Å²) in [7, 11) is 0. The van der Waals surface area contributed by atoms with Crippen LogP contribution in [0.3, 0.4) is 0 Å². The Morgan fingerprint density at radius 2 is 1.86 bits per heavy atom. The number of carbonyl (C=O) groups excluding carboxylic acids is 1. The highest BCUT2D eigenvalue weighted by Gasteiger charge is 2.07. The molecule has 0 aliphatic carbocycles. The minimum absolute atomic E-state index is 0.0579. The minimum atomic E-state index is -0.789. The Morgan fingerprint density at radius 1 is 1.14 bits per heavy atom. The number of nitrogens with zero attached hydrogens (tertiary/aromatic N) is 1. The standard InChI is InChI=1S/C16H24N2O3/c1-14(19)17-10-13-18(12-9-16(20)21)11-5-8-15-6-3-2-4-7-15/h2-4,6-7H,5,8-13H2,1H3,(H,17,19)(H,20,21). The van der Waals surface area contributed by atoms with E-state index in [1.807, 2.05) is 18.2 Å². The molecule has 0 fully saturated rings. The third kappa shape index (κ3) is 8.81. The molecule has 1 aromatic carbocycles. The Balaban J connectivity index is 2.32. The fourth-order valence-electron chi connectivity index (χ4n) is 2.13. The van der Waals surface area contributed by atoms with Gasteiger partial charge in [-0.2, -0.15) is 0 Å². The Hall–Kier alpha value is -1.88. The average molecular weight is 292 g/mol. The normalized spacial score (nSPS) is 10.6. The average Bonchev–Trinajstić information content (AvgIpc) is 2.45. The number of amides is 1. The summed E-state index contributed by atoms with van der Waals surface area (Å²) in [5.41, 5.74) is 1.29. The van der Waals surface area contributed by atoms with Crippen molar-refractivity contribution in [2.45, 2.75) is 26.2 Å². The molecule has 116 valence electrons. The summed E-state index contributed by atoms with van der Waals surface area (Å²) in [5, 5.41) is 11.5. The first-order valence-corrected chi connectivity index (χ1v) is 7.30. The number of hydrogen-bond acceptors (Lipinski definition) is 3. The summed E-state index contributed by atoms with van der Waals surface area (Å²) >= 11 is 0. The van der Waals surface area contributed by atoms with Crippen LogP contribution in [0.2, 0.25) is 0 Å². The number of rotatable bonds is 10. The van der Waals surface area contributed by atoms with Crippen molar-refractivity contribution < 1.29 is 14.7 Å². The first kappa shape index (κ1) is 17.2. The number of carbonyl (C=O) groups is 2. The molecule has 0 atom stereocenters. The predicted molar refractivity (Wildman–Crippen MR) is 82.1 cm³/mol.